The molecule has 1 N–H and O–H groups in total. The monoisotopic (exact) mass is 284 g/mol. The van der Waals surface area contributed by atoms with Gasteiger partial charge in [0.2, 0.25) is 0 Å². The molecule has 2 saturated heterocycles. The van der Waals surface area contributed by atoms with Gasteiger partial charge >= 0.3 is 0 Å². The average Bonchev–Trinajstić information content (AvgIpc) is 3.04. The molecule has 0 aliphatic carbocycles. The van der Waals surface area contributed by atoms with E-state index in [4.69, 9.17) is 0 Å². The van der Waals surface area contributed by atoms with E-state index in [0.29, 0.717) is 5.92 Å². The van der Waals surface area contributed by atoms with Gasteiger partial charge in [-0.1, -0.05) is 0 Å². The van der Waals surface area contributed by atoms with Crippen molar-refractivity contribution < 1.29 is 0 Å². The van der Waals surface area contributed by atoms with E-state index in [1.807, 2.05) is 6.20 Å². The molecular weight excluding hydrogens is 264 g/mol. The Morgan fingerprint density at radius 2 is 2.16 bits per heavy atom. The molecule has 0 amide bonds. The van der Waals surface area contributed by atoms with Gasteiger partial charge in [-0.3, -0.25) is 4.79 Å². The maximum Gasteiger partial charge on any atom is 0.268 e. The van der Waals surface area contributed by atoms with Gasteiger partial charge in [-0.2, -0.15) is 5.10 Å². The molecule has 1 aromatic heterocycles. The molecule has 2 aliphatic rings. The van der Waals surface area contributed by atoms with E-state index in [1.165, 1.54) is 12.8 Å². The van der Waals surface area contributed by atoms with Crippen LogP contribution in [-0.4, -0.2) is 36.0 Å². The quantitative estimate of drug-likeness (QED) is 0.895. The normalized spacial score (nSPS) is 22.5. The maximum absolute atomic E-state index is 12.0. The third kappa shape index (κ3) is 3.28. The molecule has 19 heavy (non-hydrogen) atoms. The van der Waals surface area contributed by atoms with Gasteiger partial charge in [-0.15, -0.1) is 12.4 Å². The molecule has 1 atom stereocenters. The fourth-order valence-corrected chi connectivity index (χ4v) is 2.82. The van der Waals surface area contributed by atoms with Crippen molar-refractivity contribution in [2.75, 3.05) is 31.1 Å². The topological polar surface area (TPSA) is 50.2 Å². The highest BCUT2D eigenvalue weighted by molar-refractivity contribution is 5.85. The minimum atomic E-state index is 0. The Kier molecular flexibility index (Phi) is 4.82. The van der Waals surface area contributed by atoms with Gasteiger partial charge in [-0.05, 0) is 38.3 Å². The van der Waals surface area contributed by atoms with Crippen molar-refractivity contribution in [3.63, 3.8) is 0 Å². The van der Waals surface area contributed by atoms with Gasteiger partial charge < -0.3 is 10.2 Å². The summed E-state index contributed by atoms with van der Waals surface area (Å²) < 4.78 is 1.61. The summed E-state index contributed by atoms with van der Waals surface area (Å²) >= 11 is 0. The Labute approximate surface area is 119 Å². The van der Waals surface area contributed by atoms with E-state index >= 15 is 0 Å². The van der Waals surface area contributed by atoms with Crippen molar-refractivity contribution in [3.05, 3.63) is 22.6 Å². The summed E-state index contributed by atoms with van der Waals surface area (Å²) in [5.74, 6) is 0.549. The second kappa shape index (κ2) is 6.39. The van der Waals surface area contributed by atoms with E-state index in [-0.39, 0.29) is 18.0 Å². The minimum Gasteiger partial charge on any atom is -0.370 e. The Hall–Kier alpha value is -1.07. The first kappa shape index (κ1) is 14.3. The summed E-state index contributed by atoms with van der Waals surface area (Å²) in [6.07, 6.45) is 5.42. The molecule has 5 nitrogen and oxygen atoms in total. The van der Waals surface area contributed by atoms with Gasteiger partial charge in [0.15, 0.2) is 0 Å². The first-order valence-corrected chi connectivity index (χ1v) is 6.86. The molecule has 1 unspecified atom stereocenters. The van der Waals surface area contributed by atoms with E-state index in [9.17, 15) is 4.79 Å². The number of rotatable bonds is 3. The predicted molar refractivity (Wildman–Crippen MR) is 78.2 cm³/mol. The standard InChI is InChI=1S/C13H20N4O.ClH/c18-13-7-12(16-5-1-2-6-16)9-15-17(13)10-11-3-4-14-8-11;/h7,9,11,14H,1-6,8,10H2;1H. The largest absolute Gasteiger partial charge is 0.370 e. The van der Waals surface area contributed by atoms with Crippen LogP contribution in [0.1, 0.15) is 19.3 Å². The second-order valence-electron chi connectivity index (χ2n) is 5.29. The molecule has 1 aromatic rings. The molecule has 0 saturated carbocycles. The smallest absolute Gasteiger partial charge is 0.268 e. The van der Waals surface area contributed by atoms with Crippen LogP contribution in [0.5, 0.6) is 0 Å². The van der Waals surface area contributed by atoms with Gasteiger partial charge in [0.1, 0.15) is 0 Å². The van der Waals surface area contributed by atoms with Gasteiger partial charge in [0, 0.05) is 25.7 Å². The number of nitrogens with zero attached hydrogens (tertiary/aromatic N) is 3. The summed E-state index contributed by atoms with van der Waals surface area (Å²) in [5.41, 5.74) is 1.02. The number of hydrogen-bond donors (Lipinski definition) is 1. The molecule has 0 bridgehead atoms. The number of nitrogens with one attached hydrogen (secondary N) is 1. The van der Waals surface area contributed by atoms with Crippen molar-refractivity contribution >= 4 is 18.1 Å². The SMILES string of the molecule is Cl.O=c1cc(N2CCCC2)cnn1CC1CCNC1. The third-order valence-corrected chi connectivity index (χ3v) is 3.92. The summed E-state index contributed by atoms with van der Waals surface area (Å²) in [6, 6.07) is 1.74. The van der Waals surface area contributed by atoms with E-state index in [1.54, 1.807) is 10.7 Å². The average molecular weight is 285 g/mol. The third-order valence-electron chi connectivity index (χ3n) is 3.92. The molecule has 0 spiro atoms. The molecular formula is C13H21ClN4O. The summed E-state index contributed by atoms with van der Waals surface area (Å²) in [7, 11) is 0. The van der Waals surface area contributed by atoms with Crippen LogP contribution >= 0.6 is 12.4 Å². The zero-order chi connectivity index (χ0) is 12.4. The van der Waals surface area contributed by atoms with Crippen LogP contribution in [0.2, 0.25) is 0 Å². The number of halogens is 1. The molecule has 2 aliphatic heterocycles. The van der Waals surface area contributed by atoms with Crippen molar-refractivity contribution in [3.8, 4) is 0 Å². The second-order valence-corrected chi connectivity index (χ2v) is 5.29. The first-order chi connectivity index (χ1) is 8.83. The van der Waals surface area contributed by atoms with Crippen LogP contribution < -0.4 is 15.8 Å². The Bertz CT molecular complexity index is 464. The lowest BCUT2D eigenvalue weighted by atomic mass is 10.1. The fourth-order valence-electron chi connectivity index (χ4n) is 2.82. The summed E-state index contributed by atoms with van der Waals surface area (Å²) in [6.45, 7) is 4.91. The van der Waals surface area contributed by atoms with Crippen LogP contribution in [0.3, 0.4) is 0 Å². The molecule has 3 rings (SSSR count). The van der Waals surface area contributed by atoms with Crippen LogP contribution in [0, 0.1) is 5.92 Å². The number of hydrogen-bond acceptors (Lipinski definition) is 4. The highest BCUT2D eigenvalue weighted by atomic mass is 35.5. The molecule has 3 heterocycles. The van der Waals surface area contributed by atoms with Crippen LogP contribution in [0.15, 0.2) is 17.1 Å². The van der Waals surface area contributed by atoms with Gasteiger partial charge in [-0.25, -0.2) is 4.68 Å². The van der Waals surface area contributed by atoms with Crippen molar-refractivity contribution in [1.82, 2.24) is 15.1 Å². The van der Waals surface area contributed by atoms with E-state index in [0.717, 1.165) is 44.8 Å². The maximum atomic E-state index is 12.0. The zero-order valence-corrected chi connectivity index (χ0v) is 11.9. The molecule has 2 fully saturated rings. The van der Waals surface area contributed by atoms with E-state index in [2.05, 4.69) is 15.3 Å². The predicted octanol–water partition coefficient (Wildman–Crippen LogP) is 0.875. The minimum absolute atomic E-state index is 0. The summed E-state index contributed by atoms with van der Waals surface area (Å²) in [4.78, 5) is 14.3. The highest BCUT2D eigenvalue weighted by Gasteiger charge is 2.17. The Balaban J connectivity index is 0.00000133. The lowest BCUT2D eigenvalue weighted by molar-refractivity contribution is 0.433. The number of aromatic nitrogens is 2. The van der Waals surface area contributed by atoms with Gasteiger partial charge in [0.05, 0.1) is 11.9 Å². The molecule has 0 radical (unpaired) electrons. The van der Waals surface area contributed by atoms with Crippen molar-refractivity contribution in [1.29, 1.82) is 0 Å². The first-order valence-electron chi connectivity index (χ1n) is 6.86. The van der Waals surface area contributed by atoms with Gasteiger partial charge in [0.25, 0.3) is 5.56 Å². The lowest BCUT2D eigenvalue weighted by Gasteiger charge is -2.17. The molecule has 106 valence electrons. The van der Waals surface area contributed by atoms with E-state index < -0.39 is 0 Å². The Morgan fingerprint density at radius 1 is 1.37 bits per heavy atom. The van der Waals surface area contributed by atoms with Crippen LogP contribution in [0.4, 0.5) is 5.69 Å². The highest BCUT2D eigenvalue weighted by Crippen LogP contribution is 2.17. The Morgan fingerprint density at radius 3 is 2.79 bits per heavy atom. The zero-order valence-electron chi connectivity index (χ0n) is 11.0. The van der Waals surface area contributed by atoms with Crippen LogP contribution in [-0.2, 0) is 6.54 Å². The molecule has 6 heteroatoms. The van der Waals surface area contributed by atoms with Crippen LogP contribution in [0.25, 0.3) is 0 Å². The summed E-state index contributed by atoms with van der Waals surface area (Å²) in [5, 5.41) is 7.64. The fraction of sp³-hybridized carbons (Fsp3) is 0.692. The molecule has 0 aromatic carbocycles. The van der Waals surface area contributed by atoms with Crippen molar-refractivity contribution in [2.24, 2.45) is 5.92 Å². The number of anilines is 1. The lowest BCUT2D eigenvalue weighted by Crippen LogP contribution is -2.29. The van der Waals surface area contributed by atoms with Crippen molar-refractivity contribution in [2.45, 2.75) is 25.8 Å².